The molecule has 0 bridgehead atoms. The van der Waals surface area contributed by atoms with Crippen LogP contribution in [0.25, 0.3) is 0 Å². The molecule has 1 aromatic carbocycles. The minimum atomic E-state index is -0.835. The third-order valence-electron chi connectivity index (χ3n) is 3.15. The molecular formula is C14H21NO2. The van der Waals surface area contributed by atoms with Gasteiger partial charge in [-0.3, -0.25) is 9.69 Å². The standard InChI is InChI=1S/C14H21NO2/c1-5-15(14(3,4)13(16)17)10-12-8-6-7-11(2)9-12/h6-9H,5,10H2,1-4H3,(H,16,17). The molecule has 1 N–H and O–H groups in total. The van der Waals surface area contributed by atoms with Crippen molar-refractivity contribution in [3.05, 3.63) is 35.4 Å². The van der Waals surface area contributed by atoms with Crippen LogP contribution in [-0.4, -0.2) is 28.1 Å². The molecule has 0 unspecified atom stereocenters. The number of aliphatic carboxylic acids is 1. The fourth-order valence-corrected chi connectivity index (χ4v) is 1.87. The summed E-state index contributed by atoms with van der Waals surface area (Å²) in [6.07, 6.45) is 0. The molecule has 0 aliphatic carbocycles. The minimum absolute atomic E-state index is 0.664. The van der Waals surface area contributed by atoms with E-state index < -0.39 is 11.5 Å². The van der Waals surface area contributed by atoms with Crippen LogP contribution in [0, 0.1) is 6.92 Å². The van der Waals surface area contributed by atoms with Crippen LogP contribution in [0.1, 0.15) is 31.9 Å². The molecule has 0 saturated carbocycles. The zero-order valence-corrected chi connectivity index (χ0v) is 11.0. The second kappa shape index (κ2) is 5.32. The van der Waals surface area contributed by atoms with Crippen LogP contribution in [0.5, 0.6) is 0 Å². The largest absolute Gasteiger partial charge is 0.480 e. The molecule has 1 rings (SSSR count). The average Bonchev–Trinajstić information content (AvgIpc) is 2.25. The lowest BCUT2D eigenvalue weighted by atomic mass is 10.0. The van der Waals surface area contributed by atoms with Gasteiger partial charge in [0.2, 0.25) is 0 Å². The van der Waals surface area contributed by atoms with Gasteiger partial charge in [0.25, 0.3) is 0 Å². The van der Waals surface area contributed by atoms with E-state index in [0.29, 0.717) is 13.1 Å². The summed E-state index contributed by atoms with van der Waals surface area (Å²) in [5.74, 6) is -0.785. The summed E-state index contributed by atoms with van der Waals surface area (Å²) in [4.78, 5) is 13.2. The van der Waals surface area contributed by atoms with E-state index in [1.54, 1.807) is 13.8 Å². The van der Waals surface area contributed by atoms with Gasteiger partial charge in [0.05, 0.1) is 0 Å². The molecule has 0 radical (unpaired) electrons. The summed E-state index contributed by atoms with van der Waals surface area (Å²) in [6.45, 7) is 8.90. The van der Waals surface area contributed by atoms with Crippen LogP contribution in [0.2, 0.25) is 0 Å². The molecule has 0 heterocycles. The Balaban J connectivity index is 2.87. The Labute approximate surface area is 103 Å². The zero-order valence-electron chi connectivity index (χ0n) is 11.0. The van der Waals surface area contributed by atoms with Gasteiger partial charge >= 0.3 is 5.97 Å². The summed E-state index contributed by atoms with van der Waals surface area (Å²) in [7, 11) is 0. The van der Waals surface area contributed by atoms with E-state index in [9.17, 15) is 9.90 Å². The predicted octanol–water partition coefficient (Wildman–Crippen LogP) is 2.68. The topological polar surface area (TPSA) is 40.5 Å². The normalized spacial score (nSPS) is 11.8. The molecule has 1 aromatic rings. The molecule has 0 aliphatic rings. The van der Waals surface area contributed by atoms with Crippen molar-refractivity contribution in [2.24, 2.45) is 0 Å². The van der Waals surface area contributed by atoms with Gasteiger partial charge in [-0.1, -0.05) is 36.8 Å². The Morgan fingerprint density at radius 2 is 2.06 bits per heavy atom. The molecule has 94 valence electrons. The number of likely N-dealkylation sites (N-methyl/N-ethyl adjacent to an activating group) is 1. The maximum absolute atomic E-state index is 11.2. The second-order valence-electron chi connectivity index (χ2n) is 4.87. The van der Waals surface area contributed by atoms with Crippen molar-refractivity contribution < 1.29 is 9.90 Å². The molecule has 0 aliphatic heterocycles. The van der Waals surface area contributed by atoms with Crippen LogP contribution in [0.3, 0.4) is 0 Å². The third-order valence-corrected chi connectivity index (χ3v) is 3.15. The van der Waals surface area contributed by atoms with Crippen molar-refractivity contribution in [3.8, 4) is 0 Å². The monoisotopic (exact) mass is 235 g/mol. The summed E-state index contributed by atoms with van der Waals surface area (Å²) >= 11 is 0. The van der Waals surface area contributed by atoms with Crippen LogP contribution >= 0.6 is 0 Å². The van der Waals surface area contributed by atoms with Gasteiger partial charge in [-0.2, -0.15) is 0 Å². The number of aryl methyl sites for hydroxylation is 1. The molecule has 0 saturated heterocycles. The van der Waals surface area contributed by atoms with Crippen LogP contribution in [0.4, 0.5) is 0 Å². The first kappa shape index (κ1) is 13.7. The highest BCUT2D eigenvalue weighted by molar-refractivity contribution is 5.77. The highest BCUT2D eigenvalue weighted by Gasteiger charge is 2.33. The average molecular weight is 235 g/mol. The molecule has 3 nitrogen and oxygen atoms in total. The lowest BCUT2D eigenvalue weighted by molar-refractivity contribution is -0.149. The SMILES string of the molecule is CCN(Cc1cccc(C)c1)C(C)(C)C(=O)O. The summed E-state index contributed by atoms with van der Waals surface area (Å²) in [5.41, 5.74) is 1.52. The number of nitrogens with zero attached hydrogens (tertiary/aromatic N) is 1. The second-order valence-corrected chi connectivity index (χ2v) is 4.87. The van der Waals surface area contributed by atoms with Crippen molar-refractivity contribution >= 4 is 5.97 Å². The van der Waals surface area contributed by atoms with Crippen molar-refractivity contribution in [1.29, 1.82) is 0 Å². The Hall–Kier alpha value is -1.35. The number of carboxylic acids is 1. The van der Waals surface area contributed by atoms with E-state index in [1.807, 2.05) is 36.9 Å². The molecule has 3 heteroatoms. The number of carboxylic acid groups (broad SMARTS) is 1. The van der Waals surface area contributed by atoms with Gasteiger partial charge in [-0.05, 0) is 32.9 Å². The number of hydrogen-bond donors (Lipinski definition) is 1. The molecule has 0 amide bonds. The van der Waals surface area contributed by atoms with Gasteiger partial charge in [-0.15, -0.1) is 0 Å². The Morgan fingerprint density at radius 3 is 2.53 bits per heavy atom. The van der Waals surface area contributed by atoms with Gasteiger partial charge in [-0.25, -0.2) is 0 Å². The first-order chi connectivity index (χ1) is 7.87. The fraction of sp³-hybridized carbons (Fsp3) is 0.500. The molecular weight excluding hydrogens is 214 g/mol. The number of benzene rings is 1. The lowest BCUT2D eigenvalue weighted by Crippen LogP contribution is -2.49. The van der Waals surface area contributed by atoms with E-state index >= 15 is 0 Å². The van der Waals surface area contributed by atoms with E-state index in [1.165, 1.54) is 5.56 Å². The van der Waals surface area contributed by atoms with E-state index in [4.69, 9.17) is 0 Å². The Morgan fingerprint density at radius 1 is 1.41 bits per heavy atom. The molecule has 0 atom stereocenters. The number of hydrogen-bond acceptors (Lipinski definition) is 2. The van der Waals surface area contributed by atoms with Gasteiger partial charge in [0.15, 0.2) is 0 Å². The molecule has 17 heavy (non-hydrogen) atoms. The zero-order chi connectivity index (χ0) is 13.1. The first-order valence-electron chi connectivity index (χ1n) is 5.92. The van der Waals surface area contributed by atoms with E-state index in [-0.39, 0.29) is 0 Å². The van der Waals surface area contributed by atoms with E-state index in [0.717, 1.165) is 5.56 Å². The highest BCUT2D eigenvalue weighted by Crippen LogP contribution is 2.18. The lowest BCUT2D eigenvalue weighted by Gasteiger charge is -2.34. The maximum Gasteiger partial charge on any atom is 0.323 e. The molecule has 0 spiro atoms. The summed E-state index contributed by atoms with van der Waals surface area (Å²) < 4.78 is 0. The smallest absolute Gasteiger partial charge is 0.323 e. The Kier molecular flexibility index (Phi) is 4.29. The number of carbonyl (C=O) groups is 1. The fourth-order valence-electron chi connectivity index (χ4n) is 1.87. The molecule has 0 aromatic heterocycles. The minimum Gasteiger partial charge on any atom is -0.480 e. The van der Waals surface area contributed by atoms with Crippen LogP contribution in [-0.2, 0) is 11.3 Å². The van der Waals surface area contributed by atoms with Crippen molar-refractivity contribution in [2.75, 3.05) is 6.54 Å². The summed E-state index contributed by atoms with van der Waals surface area (Å²) in [5, 5.41) is 9.23. The van der Waals surface area contributed by atoms with Gasteiger partial charge < -0.3 is 5.11 Å². The third kappa shape index (κ3) is 3.30. The predicted molar refractivity (Wildman–Crippen MR) is 69.0 cm³/mol. The van der Waals surface area contributed by atoms with Crippen molar-refractivity contribution in [2.45, 2.75) is 39.8 Å². The van der Waals surface area contributed by atoms with Crippen molar-refractivity contribution in [1.82, 2.24) is 4.90 Å². The van der Waals surface area contributed by atoms with Crippen molar-refractivity contribution in [3.63, 3.8) is 0 Å². The first-order valence-corrected chi connectivity index (χ1v) is 5.92. The van der Waals surface area contributed by atoms with Crippen LogP contribution < -0.4 is 0 Å². The summed E-state index contributed by atoms with van der Waals surface area (Å²) in [6, 6.07) is 8.18. The number of rotatable bonds is 5. The van der Waals surface area contributed by atoms with E-state index in [2.05, 4.69) is 6.07 Å². The molecule has 0 fully saturated rings. The Bertz CT molecular complexity index is 399. The maximum atomic E-state index is 11.2. The highest BCUT2D eigenvalue weighted by atomic mass is 16.4. The quantitative estimate of drug-likeness (QED) is 0.853. The van der Waals surface area contributed by atoms with Gasteiger partial charge in [0, 0.05) is 6.54 Å². The van der Waals surface area contributed by atoms with Gasteiger partial charge in [0.1, 0.15) is 5.54 Å². The van der Waals surface area contributed by atoms with Crippen LogP contribution in [0.15, 0.2) is 24.3 Å².